The fraction of sp³-hybridized carbons (Fsp3) is 0.333. The van der Waals surface area contributed by atoms with E-state index in [4.69, 9.17) is 0 Å². The van der Waals surface area contributed by atoms with E-state index in [1.54, 1.807) is 16.9 Å². The highest BCUT2D eigenvalue weighted by molar-refractivity contribution is 9.10. The van der Waals surface area contributed by atoms with E-state index >= 15 is 0 Å². The van der Waals surface area contributed by atoms with Gasteiger partial charge in [-0.05, 0) is 15.9 Å². The van der Waals surface area contributed by atoms with E-state index in [1.807, 2.05) is 12.4 Å². The highest BCUT2D eigenvalue weighted by atomic mass is 79.9. The van der Waals surface area contributed by atoms with Gasteiger partial charge in [-0.15, -0.1) is 5.10 Å². The van der Waals surface area contributed by atoms with Crippen LogP contribution < -0.4 is 0 Å². The van der Waals surface area contributed by atoms with Crippen molar-refractivity contribution < 1.29 is 0 Å². The van der Waals surface area contributed by atoms with E-state index in [1.165, 1.54) is 0 Å². The summed E-state index contributed by atoms with van der Waals surface area (Å²) in [5.74, 6) is 2.74. The number of halogens is 1. The van der Waals surface area contributed by atoms with Crippen molar-refractivity contribution in [3.8, 4) is 0 Å². The molecule has 3 rings (SSSR count). The van der Waals surface area contributed by atoms with Crippen LogP contribution in [0.1, 0.15) is 31.4 Å². The van der Waals surface area contributed by atoms with Crippen molar-refractivity contribution in [1.29, 1.82) is 0 Å². The minimum atomic E-state index is 0.374. The quantitative estimate of drug-likeness (QED) is 0.742. The minimum Gasteiger partial charge on any atom is -0.327 e. The molecule has 0 atom stereocenters. The summed E-state index contributed by atoms with van der Waals surface area (Å²) in [6, 6.07) is 0. The molecule has 0 unspecified atom stereocenters. The molecule has 3 aromatic heterocycles. The normalized spacial score (nSPS) is 11.6. The van der Waals surface area contributed by atoms with Crippen LogP contribution >= 0.6 is 15.9 Å². The zero-order chi connectivity index (χ0) is 13.4. The molecule has 0 saturated heterocycles. The molecule has 3 aromatic rings. The number of hydrogen-bond acceptors (Lipinski definition) is 4. The summed E-state index contributed by atoms with van der Waals surface area (Å²) >= 11 is 3.37. The fourth-order valence-electron chi connectivity index (χ4n) is 1.98. The lowest BCUT2D eigenvalue weighted by Crippen LogP contribution is -2.07. The van der Waals surface area contributed by atoms with Crippen LogP contribution in [0.15, 0.2) is 29.3 Å². The van der Waals surface area contributed by atoms with Gasteiger partial charge in [-0.25, -0.2) is 14.5 Å². The second-order valence-electron chi connectivity index (χ2n) is 4.61. The van der Waals surface area contributed by atoms with E-state index in [9.17, 15) is 0 Å². The molecule has 0 spiro atoms. The molecule has 7 heteroatoms. The lowest BCUT2D eigenvalue weighted by Gasteiger charge is -2.07. The Labute approximate surface area is 118 Å². The van der Waals surface area contributed by atoms with Gasteiger partial charge in [0.2, 0.25) is 0 Å². The Balaban J connectivity index is 1.94. The maximum Gasteiger partial charge on any atom is 0.252 e. The van der Waals surface area contributed by atoms with Crippen LogP contribution in [0.25, 0.3) is 5.78 Å². The van der Waals surface area contributed by atoms with Gasteiger partial charge in [0.15, 0.2) is 5.82 Å². The molecular formula is C12H13BrN6. The van der Waals surface area contributed by atoms with Crippen molar-refractivity contribution >= 4 is 21.7 Å². The summed E-state index contributed by atoms with van der Waals surface area (Å²) in [5, 5.41) is 4.41. The van der Waals surface area contributed by atoms with Crippen LogP contribution in [-0.4, -0.2) is 29.1 Å². The fourth-order valence-corrected chi connectivity index (χ4v) is 2.27. The van der Waals surface area contributed by atoms with Gasteiger partial charge >= 0.3 is 0 Å². The van der Waals surface area contributed by atoms with Crippen molar-refractivity contribution in [3.05, 3.63) is 40.9 Å². The van der Waals surface area contributed by atoms with Gasteiger partial charge < -0.3 is 4.57 Å². The second kappa shape index (κ2) is 4.73. The molecule has 0 aromatic carbocycles. The van der Waals surface area contributed by atoms with Crippen molar-refractivity contribution in [2.75, 3.05) is 0 Å². The first kappa shape index (κ1) is 12.3. The van der Waals surface area contributed by atoms with Gasteiger partial charge in [-0.2, -0.15) is 4.98 Å². The molecular weight excluding hydrogens is 308 g/mol. The van der Waals surface area contributed by atoms with E-state index < -0.39 is 0 Å². The first-order valence-corrected chi connectivity index (χ1v) is 6.80. The van der Waals surface area contributed by atoms with Gasteiger partial charge in [0.1, 0.15) is 5.82 Å². The third-order valence-electron chi connectivity index (χ3n) is 2.78. The molecule has 0 aliphatic carbocycles. The molecule has 98 valence electrons. The molecule has 0 radical (unpaired) electrons. The molecule has 0 saturated carbocycles. The van der Waals surface area contributed by atoms with E-state index in [0.29, 0.717) is 18.2 Å². The molecule has 0 N–H and O–H groups in total. The van der Waals surface area contributed by atoms with Crippen molar-refractivity contribution in [3.63, 3.8) is 0 Å². The first-order chi connectivity index (χ1) is 9.13. The third kappa shape index (κ3) is 2.37. The summed E-state index contributed by atoms with van der Waals surface area (Å²) in [5.41, 5.74) is 0. The molecule has 19 heavy (non-hydrogen) atoms. The highest BCUT2D eigenvalue weighted by Gasteiger charge is 2.10. The smallest absolute Gasteiger partial charge is 0.252 e. The average molecular weight is 321 g/mol. The Bertz CT molecular complexity index is 714. The largest absolute Gasteiger partial charge is 0.327 e. The number of fused-ring (bicyclic) bond motifs is 1. The van der Waals surface area contributed by atoms with Gasteiger partial charge in [-0.3, -0.25) is 0 Å². The number of aromatic nitrogens is 6. The summed E-state index contributed by atoms with van der Waals surface area (Å²) in [4.78, 5) is 13.0. The van der Waals surface area contributed by atoms with Crippen LogP contribution in [-0.2, 0) is 6.54 Å². The van der Waals surface area contributed by atoms with Gasteiger partial charge in [0.05, 0.1) is 11.0 Å². The monoisotopic (exact) mass is 320 g/mol. The zero-order valence-corrected chi connectivity index (χ0v) is 12.2. The highest BCUT2D eigenvalue weighted by Crippen LogP contribution is 2.13. The van der Waals surface area contributed by atoms with Gasteiger partial charge in [0, 0.05) is 30.7 Å². The minimum absolute atomic E-state index is 0.374. The number of imidazole rings is 1. The van der Waals surface area contributed by atoms with E-state index in [-0.39, 0.29) is 0 Å². The molecule has 0 fully saturated rings. The summed E-state index contributed by atoms with van der Waals surface area (Å²) in [7, 11) is 0. The lowest BCUT2D eigenvalue weighted by atomic mass is 10.2. The predicted octanol–water partition coefficient (Wildman–Crippen LogP) is 2.25. The lowest BCUT2D eigenvalue weighted by molar-refractivity contribution is 0.649. The van der Waals surface area contributed by atoms with Crippen LogP contribution in [0.2, 0.25) is 0 Å². The van der Waals surface area contributed by atoms with Gasteiger partial charge in [-0.1, -0.05) is 13.8 Å². The predicted molar refractivity (Wildman–Crippen MR) is 73.9 cm³/mol. The molecule has 0 bridgehead atoms. The Hall–Kier alpha value is -1.76. The van der Waals surface area contributed by atoms with Crippen molar-refractivity contribution in [2.45, 2.75) is 26.3 Å². The molecule has 6 nitrogen and oxygen atoms in total. The average Bonchev–Trinajstić information content (AvgIpc) is 2.95. The second-order valence-corrected chi connectivity index (χ2v) is 5.53. The number of hydrogen-bond donors (Lipinski definition) is 0. The van der Waals surface area contributed by atoms with E-state index in [0.717, 1.165) is 16.1 Å². The summed E-state index contributed by atoms with van der Waals surface area (Å²) < 4.78 is 4.61. The van der Waals surface area contributed by atoms with Crippen LogP contribution in [0, 0.1) is 0 Å². The molecule has 0 aliphatic rings. The molecule has 0 amide bonds. The maximum atomic E-state index is 4.41. The molecule has 0 aliphatic heterocycles. The van der Waals surface area contributed by atoms with E-state index in [2.05, 4.69) is 54.4 Å². The topological polar surface area (TPSA) is 60.9 Å². The first-order valence-electron chi connectivity index (χ1n) is 6.01. The van der Waals surface area contributed by atoms with Gasteiger partial charge in [0.25, 0.3) is 5.78 Å². The number of rotatable bonds is 3. The van der Waals surface area contributed by atoms with Crippen molar-refractivity contribution in [1.82, 2.24) is 29.1 Å². The zero-order valence-electron chi connectivity index (χ0n) is 10.7. The SMILES string of the molecule is CC(C)c1nccn1Cc1nc2ncc(Br)cn2n1. The standard InChI is InChI=1S/C12H13BrN6/c1-8(2)11-14-3-4-18(11)7-10-16-12-15-5-9(13)6-19(12)17-10/h3-6,8H,7H2,1-2H3. The van der Waals surface area contributed by atoms with Crippen LogP contribution in [0.3, 0.4) is 0 Å². The molecule has 3 heterocycles. The third-order valence-corrected chi connectivity index (χ3v) is 3.19. The Morgan fingerprint density at radius 2 is 2.16 bits per heavy atom. The van der Waals surface area contributed by atoms with Crippen molar-refractivity contribution in [2.24, 2.45) is 0 Å². The summed E-state index contributed by atoms with van der Waals surface area (Å²) in [6.07, 6.45) is 7.31. The maximum absolute atomic E-state index is 4.41. The van der Waals surface area contributed by atoms with Crippen LogP contribution in [0.4, 0.5) is 0 Å². The summed E-state index contributed by atoms with van der Waals surface area (Å²) in [6.45, 7) is 4.84. The Kier molecular flexibility index (Phi) is 3.06. The number of nitrogens with zero attached hydrogens (tertiary/aromatic N) is 6. The Morgan fingerprint density at radius 1 is 1.32 bits per heavy atom. The van der Waals surface area contributed by atoms with Crippen LogP contribution in [0.5, 0.6) is 0 Å². The Morgan fingerprint density at radius 3 is 2.95 bits per heavy atom.